The number of thioether (sulfide) groups is 1. The first-order valence-corrected chi connectivity index (χ1v) is 14.5. The Hall–Kier alpha value is -3.72. The highest BCUT2D eigenvalue weighted by atomic mass is 32.2. The van der Waals surface area contributed by atoms with E-state index in [9.17, 15) is 8.42 Å². The number of nitrogens with zero attached hydrogens (tertiary/aromatic N) is 4. The lowest BCUT2D eigenvalue weighted by atomic mass is 10.2. The molecule has 1 aromatic heterocycles. The van der Waals surface area contributed by atoms with Crippen molar-refractivity contribution in [1.29, 1.82) is 0 Å². The number of aromatic nitrogens is 3. The van der Waals surface area contributed by atoms with Gasteiger partial charge in [-0.1, -0.05) is 103 Å². The fourth-order valence-electron chi connectivity index (χ4n) is 4.04. The molecule has 0 saturated heterocycles. The fourth-order valence-corrected chi connectivity index (χ4v) is 5.80. The summed E-state index contributed by atoms with van der Waals surface area (Å²) in [5.41, 5.74) is 3.53. The molecule has 0 radical (unpaired) electrons. The molecular formula is C29H26N4O2S2. The first-order valence-electron chi connectivity index (χ1n) is 11.8. The molecule has 0 aliphatic rings. The average Bonchev–Trinajstić information content (AvgIpc) is 3.39. The average molecular weight is 527 g/mol. The van der Waals surface area contributed by atoms with Gasteiger partial charge in [0.1, 0.15) is 0 Å². The Bertz CT molecular complexity index is 1510. The van der Waals surface area contributed by atoms with E-state index in [1.54, 1.807) is 28.9 Å². The smallest absolute Gasteiger partial charge is 0.212 e. The Morgan fingerprint density at radius 3 is 1.76 bits per heavy atom. The van der Waals surface area contributed by atoms with Crippen LogP contribution in [0, 0.1) is 0 Å². The maximum absolute atomic E-state index is 13.8. The highest BCUT2D eigenvalue weighted by Gasteiger charge is 2.25. The van der Waals surface area contributed by atoms with Crippen molar-refractivity contribution in [2.75, 3.05) is 6.26 Å². The minimum atomic E-state index is -3.77. The van der Waals surface area contributed by atoms with E-state index in [-0.39, 0.29) is 18.0 Å². The van der Waals surface area contributed by atoms with Gasteiger partial charge in [0.15, 0.2) is 5.82 Å². The molecule has 0 spiro atoms. The van der Waals surface area contributed by atoms with E-state index in [0.29, 0.717) is 11.0 Å². The van der Waals surface area contributed by atoms with Gasteiger partial charge in [-0.25, -0.2) is 18.1 Å². The zero-order valence-corrected chi connectivity index (χ0v) is 21.9. The number of benzene rings is 4. The van der Waals surface area contributed by atoms with Gasteiger partial charge in [-0.3, -0.25) is 0 Å². The SMILES string of the molecule is CSc1nc(-c2ccccc2)n(-c2ccc(S(=O)(=O)N(Cc3ccccc3)Cc3ccccc3)cc2)n1. The lowest BCUT2D eigenvalue weighted by molar-refractivity contribution is 0.401. The lowest BCUT2D eigenvalue weighted by Gasteiger charge is -2.23. The Morgan fingerprint density at radius 2 is 1.24 bits per heavy atom. The van der Waals surface area contributed by atoms with Crippen molar-refractivity contribution in [1.82, 2.24) is 19.1 Å². The van der Waals surface area contributed by atoms with E-state index in [1.165, 1.54) is 16.1 Å². The summed E-state index contributed by atoms with van der Waals surface area (Å²) in [6.45, 7) is 0.552. The summed E-state index contributed by atoms with van der Waals surface area (Å²) in [6, 6.07) is 36.0. The van der Waals surface area contributed by atoms with Crippen LogP contribution < -0.4 is 0 Å². The van der Waals surface area contributed by atoms with Gasteiger partial charge in [-0.2, -0.15) is 4.31 Å². The first kappa shape index (κ1) is 25.0. The van der Waals surface area contributed by atoms with E-state index in [4.69, 9.17) is 0 Å². The Balaban J connectivity index is 1.48. The summed E-state index contributed by atoms with van der Waals surface area (Å²) in [7, 11) is -3.77. The van der Waals surface area contributed by atoms with Crippen LogP contribution in [-0.4, -0.2) is 33.7 Å². The second-order valence-electron chi connectivity index (χ2n) is 8.44. The topological polar surface area (TPSA) is 68.1 Å². The summed E-state index contributed by atoms with van der Waals surface area (Å²) in [4.78, 5) is 4.89. The Morgan fingerprint density at radius 1 is 0.730 bits per heavy atom. The molecular weight excluding hydrogens is 500 g/mol. The van der Waals surface area contributed by atoms with Crippen molar-refractivity contribution in [3.63, 3.8) is 0 Å². The van der Waals surface area contributed by atoms with Crippen LogP contribution in [0.5, 0.6) is 0 Å². The number of rotatable bonds is 9. The van der Waals surface area contributed by atoms with Gasteiger partial charge < -0.3 is 0 Å². The molecule has 0 aliphatic heterocycles. The van der Waals surface area contributed by atoms with Crippen LogP contribution in [0.1, 0.15) is 11.1 Å². The minimum Gasteiger partial charge on any atom is -0.212 e. The maximum Gasteiger partial charge on any atom is 0.243 e. The summed E-state index contributed by atoms with van der Waals surface area (Å²) in [5, 5.41) is 5.27. The largest absolute Gasteiger partial charge is 0.243 e. The zero-order chi connectivity index (χ0) is 25.7. The molecule has 5 rings (SSSR count). The van der Waals surface area contributed by atoms with E-state index in [0.717, 1.165) is 22.4 Å². The van der Waals surface area contributed by atoms with Crippen molar-refractivity contribution >= 4 is 21.8 Å². The number of sulfonamides is 1. The van der Waals surface area contributed by atoms with Gasteiger partial charge in [0.05, 0.1) is 10.6 Å². The van der Waals surface area contributed by atoms with Gasteiger partial charge in [0.2, 0.25) is 15.2 Å². The first-order chi connectivity index (χ1) is 18.0. The van der Waals surface area contributed by atoms with Crippen LogP contribution in [0.4, 0.5) is 0 Å². The molecule has 0 saturated carbocycles. The molecule has 5 aromatic rings. The third kappa shape index (κ3) is 5.67. The molecule has 6 nitrogen and oxygen atoms in total. The molecule has 8 heteroatoms. The summed E-state index contributed by atoms with van der Waals surface area (Å²) >= 11 is 1.46. The number of hydrogen-bond acceptors (Lipinski definition) is 5. The quantitative estimate of drug-likeness (QED) is 0.219. The van der Waals surface area contributed by atoms with Gasteiger partial charge >= 0.3 is 0 Å². The molecule has 0 atom stereocenters. The third-order valence-electron chi connectivity index (χ3n) is 5.92. The molecule has 4 aromatic carbocycles. The highest BCUT2D eigenvalue weighted by molar-refractivity contribution is 7.98. The van der Waals surface area contributed by atoms with E-state index in [2.05, 4.69) is 10.1 Å². The van der Waals surface area contributed by atoms with Crippen LogP contribution in [0.3, 0.4) is 0 Å². The van der Waals surface area contributed by atoms with Gasteiger partial charge in [-0.05, 0) is 41.6 Å². The zero-order valence-electron chi connectivity index (χ0n) is 20.3. The van der Waals surface area contributed by atoms with E-state index in [1.807, 2.05) is 97.3 Å². The van der Waals surface area contributed by atoms with E-state index < -0.39 is 10.0 Å². The fraction of sp³-hybridized carbons (Fsp3) is 0.103. The summed E-state index contributed by atoms with van der Waals surface area (Å²) < 4.78 is 30.9. The molecule has 0 unspecified atom stereocenters. The Kier molecular flexibility index (Phi) is 7.50. The molecule has 186 valence electrons. The second kappa shape index (κ2) is 11.1. The molecule has 0 N–H and O–H groups in total. The molecule has 0 bridgehead atoms. The summed E-state index contributed by atoms with van der Waals surface area (Å²) in [5.74, 6) is 0.704. The van der Waals surface area contributed by atoms with Crippen LogP contribution in [-0.2, 0) is 23.1 Å². The third-order valence-corrected chi connectivity index (χ3v) is 8.27. The van der Waals surface area contributed by atoms with Gasteiger partial charge in [0.25, 0.3) is 0 Å². The minimum absolute atomic E-state index is 0.231. The van der Waals surface area contributed by atoms with Crippen molar-refractivity contribution in [3.8, 4) is 17.1 Å². The normalized spacial score (nSPS) is 11.6. The Labute approximate surface area is 221 Å². The van der Waals surface area contributed by atoms with Crippen LogP contribution in [0.15, 0.2) is 125 Å². The van der Waals surface area contributed by atoms with Crippen LogP contribution >= 0.6 is 11.8 Å². The van der Waals surface area contributed by atoms with Crippen molar-refractivity contribution in [2.24, 2.45) is 0 Å². The predicted octanol–water partition coefficient (Wildman–Crippen LogP) is 6.05. The molecule has 0 amide bonds. The van der Waals surface area contributed by atoms with Gasteiger partial charge in [0, 0.05) is 18.7 Å². The highest BCUT2D eigenvalue weighted by Crippen LogP contribution is 2.26. The molecule has 37 heavy (non-hydrogen) atoms. The molecule has 0 fully saturated rings. The monoisotopic (exact) mass is 526 g/mol. The van der Waals surface area contributed by atoms with Gasteiger partial charge in [-0.15, -0.1) is 5.10 Å². The lowest BCUT2D eigenvalue weighted by Crippen LogP contribution is -2.30. The molecule has 1 heterocycles. The number of hydrogen-bond donors (Lipinski definition) is 0. The van der Waals surface area contributed by atoms with Crippen LogP contribution in [0.25, 0.3) is 17.1 Å². The van der Waals surface area contributed by atoms with Crippen molar-refractivity contribution in [2.45, 2.75) is 23.1 Å². The van der Waals surface area contributed by atoms with Crippen molar-refractivity contribution in [3.05, 3.63) is 126 Å². The van der Waals surface area contributed by atoms with Crippen molar-refractivity contribution < 1.29 is 8.42 Å². The second-order valence-corrected chi connectivity index (χ2v) is 11.1. The maximum atomic E-state index is 13.8. The van der Waals surface area contributed by atoms with E-state index >= 15 is 0 Å². The molecule has 0 aliphatic carbocycles. The summed E-state index contributed by atoms with van der Waals surface area (Å²) in [6.07, 6.45) is 1.93. The predicted molar refractivity (Wildman–Crippen MR) is 148 cm³/mol. The van der Waals surface area contributed by atoms with Crippen LogP contribution in [0.2, 0.25) is 0 Å². The standard InChI is InChI=1S/C29H26N4O2S2/c1-36-29-30-28(25-15-9-4-10-16-25)33(31-29)26-17-19-27(20-18-26)37(34,35)32(21-23-11-5-2-6-12-23)22-24-13-7-3-8-14-24/h2-20H,21-22H2,1H3.